The monoisotopic (exact) mass is 193 g/mol. The number of aromatic nitrogens is 1. The van der Waals surface area contributed by atoms with E-state index in [2.05, 4.69) is 10.3 Å². The number of carbonyl (C=O) groups is 1. The molecule has 4 heteroatoms. The molecule has 14 heavy (non-hydrogen) atoms. The molecule has 0 fully saturated rings. The number of amides is 1. The molecule has 1 amide bonds. The third kappa shape index (κ3) is 3.14. The van der Waals surface area contributed by atoms with Gasteiger partial charge in [-0.15, -0.1) is 0 Å². The van der Waals surface area contributed by atoms with Gasteiger partial charge in [0, 0.05) is 18.4 Å². The maximum absolute atomic E-state index is 11.5. The van der Waals surface area contributed by atoms with E-state index in [-0.39, 0.29) is 11.9 Å². The molecule has 1 atom stereocenters. The summed E-state index contributed by atoms with van der Waals surface area (Å²) in [7, 11) is 0. The van der Waals surface area contributed by atoms with Crippen molar-refractivity contribution in [2.75, 3.05) is 6.54 Å². The van der Waals surface area contributed by atoms with Crippen molar-refractivity contribution < 1.29 is 4.79 Å². The first kappa shape index (κ1) is 10.7. The Morgan fingerprint density at radius 2 is 2.50 bits per heavy atom. The molecule has 1 heterocycles. The second kappa shape index (κ2) is 5.34. The Morgan fingerprint density at radius 1 is 1.71 bits per heavy atom. The number of nitrogens with two attached hydrogens (primary N) is 1. The van der Waals surface area contributed by atoms with Crippen LogP contribution in [0.25, 0.3) is 0 Å². The number of carbonyl (C=O) groups excluding carboxylic acids is 1. The number of nitrogens with one attached hydrogen (secondary N) is 1. The van der Waals surface area contributed by atoms with E-state index < -0.39 is 0 Å². The Labute approximate surface area is 83.5 Å². The average Bonchev–Trinajstić information content (AvgIpc) is 2.19. The maximum atomic E-state index is 11.5. The fourth-order valence-corrected chi connectivity index (χ4v) is 1.13. The molecule has 1 aromatic rings. The highest BCUT2D eigenvalue weighted by Crippen LogP contribution is 1.97. The molecule has 1 aromatic heterocycles. The summed E-state index contributed by atoms with van der Waals surface area (Å²) in [6.07, 6.45) is 3.97. The summed E-state index contributed by atoms with van der Waals surface area (Å²) in [5, 5.41) is 2.84. The molecule has 0 spiro atoms. The Bertz CT molecular complexity index is 287. The summed E-state index contributed by atoms with van der Waals surface area (Å²) in [5.74, 6) is -0.0981. The largest absolute Gasteiger partial charge is 0.349 e. The van der Waals surface area contributed by atoms with Gasteiger partial charge in [0.05, 0.1) is 5.56 Å². The van der Waals surface area contributed by atoms with Crippen molar-refractivity contribution >= 4 is 5.91 Å². The standard InChI is InChI=1S/C10H15N3O/c1-8(4-5-11)13-10(14)9-3-2-6-12-7-9/h2-3,6-8H,4-5,11H2,1H3,(H,13,14). The van der Waals surface area contributed by atoms with Gasteiger partial charge in [-0.3, -0.25) is 9.78 Å². The molecule has 76 valence electrons. The minimum Gasteiger partial charge on any atom is -0.349 e. The van der Waals surface area contributed by atoms with Crippen LogP contribution < -0.4 is 11.1 Å². The molecule has 3 N–H and O–H groups in total. The van der Waals surface area contributed by atoms with Crippen LogP contribution in [-0.4, -0.2) is 23.5 Å². The lowest BCUT2D eigenvalue weighted by atomic mass is 10.2. The van der Waals surface area contributed by atoms with Crippen LogP contribution in [-0.2, 0) is 0 Å². The van der Waals surface area contributed by atoms with Crippen molar-refractivity contribution in [1.29, 1.82) is 0 Å². The Kier molecular flexibility index (Phi) is 4.07. The lowest BCUT2D eigenvalue weighted by molar-refractivity contribution is 0.0938. The summed E-state index contributed by atoms with van der Waals surface area (Å²) in [5.41, 5.74) is 5.96. The van der Waals surface area contributed by atoms with Crippen molar-refractivity contribution in [3.05, 3.63) is 30.1 Å². The summed E-state index contributed by atoms with van der Waals surface area (Å²) in [6, 6.07) is 3.58. The fourth-order valence-electron chi connectivity index (χ4n) is 1.13. The van der Waals surface area contributed by atoms with Crippen molar-refractivity contribution in [3.8, 4) is 0 Å². The first-order chi connectivity index (χ1) is 6.74. The van der Waals surface area contributed by atoms with E-state index >= 15 is 0 Å². The molecule has 0 saturated heterocycles. The van der Waals surface area contributed by atoms with E-state index in [1.54, 1.807) is 24.5 Å². The lowest BCUT2D eigenvalue weighted by Crippen LogP contribution is -2.34. The van der Waals surface area contributed by atoms with Crippen LogP contribution in [0.1, 0.15) is 23.7 Å². The summed E-state index contributed by atoms with van der Waals surface area (Å²) in [4.78, 5) is 15.4. The van der Waals surface area contributed by atoms with E-state index in [9.17, 15) is 4.79 Å². The molecular formula is C10H15N3O. The van der Waals surface area contributed by atoms with Gasteiger partial charge in [-0.2, -0.15) is 0 Å². The Morgan fingerprint density at radius 3 is 3.07 bits per heavy atom. The number of pyridine rings is 1. The molecule has 0 aliphatic heterocycles. The predicted octanol–water partition coefficient (Wildman–Crippen LogP) is 0.549. The van der Waals surface area contributed by atoms with Crippen molar-refractivity contribution in [3.63, 3.8) is 0 Å². The van der Waals surface area contributed by atoms with Crippen LogP contribution in [0.3, 0.4) is 0 Å². The van der Waals surface area contributed by atoms with Crippen LogP contribution in [0.5, 0.6) is 0 Å². The number of hydrogen-bond acceptors (Lipinski definition) is 3. The molecule has 1 unspecified atom stereocenters. The zero-order valence-corrected chi connectivity index (χ0v) is 8.23. The van der Waals surface area contributed by atoms with E-state index in [1.807, 2.05) is 6.92 Å². The van der Waals surface area contributed by atoms with E-state index in [4.69, 9.17) is 5.73 Å². The third-order valence-corrected chi connectivity index (χ3v) is 1.90. The van der Waals surface area contributed by atoms with Crippen LogP contribution in [0.4, 0.5) is 0 Å². The Balaban J connectivity index is 2.51. The van der Waals surface area contributed by atoms with Gasteiger partial charge in [-0.1, -0.05) is 0 Å². The van der Waals surface area contributed by atoms with E-state index in [0.717, 1.165) is 6.42 Å². The van der Waals surface area contributed by atoms with Crippen molar-refractivity contribution in [1.82, 2.24) is 10.3 Å². The first-order valence-corrected chi connectivity index (χ1v) is 4.65. The van der Waals surface area contributed by atoms with Gasteiger partial charge in [0.15, 0.2) is 0 Å². The van der Waals surface area contributed by atoms with E-state index in [1.165, 1.54) is 0 Å². The third-order valence-electron chi connectivity index (χ3n) is 1.90. The minimum atomic E-state index is -0.0981. The SMILES string of the molecule is CC(CCN)NC(=O)c1cccnc1. The van der Waals surface area contributed by atoms with Gasteiger partial charge in [-0.05, 0) is 32.0 Å². The highest BCUT2D eigenvalue weighted by molar-refractivity contribution is 5.93. The normalized spacial score (nSPS) is 12.1. The van der Waals surface area contributed by atoms with Gasteiger partial charge >= 0.3 is 0 Å². The first-order valence-electron chi connectivity index (χ1n) is 4.65. The quantitative estimate of drug-likeness (QED) is 0.733. The molecule has 0 aliphatic rings. The smallest absolute Gasteiger partial charge is 0.253 e. The van der Waals surface area contributed by atoms with Gasteiger partial charge in [0.2, 0.25) is 0 Å². The topological polar surface area (TPSA) is 68.0 Å². The zero-order chi connectivity index (χ0) is 10.4. The van der Waals surface area contributed by atoms with Gasteiger partial charge in [0.25, 0.3) is 5.91 Å². The minimum absolute atomic E-state index is 0.0981. The molecule has 0 aromatic carbocycles. The summed E-state index contributed by atoms with van der Waals surface area (Å²) >= 11 is 0. The Hall–Kier alpha value is -1.42. The van der Waals surface area contributed by atoms with Crippen LogP contribution >= 0.6 is 0 Å². The maximum Gasteiger partial charge on any atom is 0.253 e. The average molecular weight is 193 g/mol. The van der Waals surface area contributed by atoms with Crippen LogP contribution in [0.15, 0.2) is 24.5 Å². The number of nitrogens with zero attached hydrogens (tertiary/aromatic N) is 1. The molecular weight excluding hydrogens is 178 g/mol. The predicted molar refractivity (Wildman–Crippen MR) is 54.8 cm³/mol. The molecule has 1 rings (SSSR count). The van der Waals surface area contributed by atoms with E-state index in [0.29, 0.717) is 12.1 Å². The molecule has 0 bridgehead atoms. The highest BCUT2D eigenvalue weighted by Gasteiger charge is 2.08. The lowest BCUT2D eigenvalue weighted by Gasteiger charge is -2.11. The molecule has 4 nitrogen and oxygen atoms in total. The van der Waals surface area contributed by atoms with Crippen LogP contribution in [0, 0.1) is 0 Å². The van der Waals surface area contributed by atoms with Gasteiger partial charge in [-0.25, -0.2) is 0 Å². The number of hydrogen-bond donors (Lipinski definition) is 2. The second-order valence-corrected chi connectivity index (χ2v) is 3.19. The number of rotatable bonds is 4. The zero-order valence-electron chi connectivity index (χ0n) is 8.23. The second-order valence-electron chi connectivity index (χ2n) is 3.19. The van der Waals surface area contributed by atoms with Gasteiger partial charge < -0.3 is 11.1 Å². The van der Waals surface area contributed by atoms with Crippen molar-refractivity contribution in [2.24, 2.45) is 5.73 Å². The van der Waals surface area contributed by atoms with Gasteiger partial charge in [0.1, 0.15) is 0 Å². The highest BCUT2D eigenvalue weighted by atomic mass is 16.1. The van der Waals surface area contributed by atoms with Crippen molar-refractivity contribution in [2.45, 2.75) is 19.4 Å². The molecule has 0 radical (unpaired) electrons. The summed E-state index contributed by atoms with van der Waals surface area (Å²) in [6.45, 7) is 2.51. The molecule has 0 aliphatic carbocycles. The fraction of sp³-hybridized carbons (Fsp3) is 0.400. The summed E-state index contributed by atoms with van der Waals surface area (Å²) < 4.78 is 0. The van der Waals surface area contributed by atoms with Crippen LogP contribution in [0.2, 0.25) is 0 Å². The molecule has 0 saturated carbocycles.